The van der Waals surface area contributed by atoms with Gasteiger partial charge >= 0.3 is 0 Å². The van der Waals surface area contributed by atoms with Crippen molar-refractivity contribution in [1.82, 2.24) is 20.1 Å². The van der Waals surface area contributed by atoms with E-state index >= 15 is 0 Å². The number of hydrogen-bond acceptors (Lipinski definition) is 3. The fraction of sp³-hybridized carbons (Fsp3) is 0.833. The van der Waals surface area contributed by atoms with Gasteiger partial charge in [-0.2, -0.15) is 5.10 Å². The van der Waals surface area contributed by atoms with E-state index in [1.165, 1.54) is 6.42 Å². The first-order valence-corrected chi connectivity index (χ1v) is 6.23. The van der Waals surface area contributed by atoms with Crippen molar-refractivity contribution < 1.29 is 0 Å². The van der Waals surface area contributed by atoms with Gasteiger partial charge < -0.3 is 5.32 Å². The van der Waals surface area contributed by atoms with Crippen LogP contribution in [0.25, 0.3) is 0 Å². The summed E-state index contributed by atoms with van der Waals surface area (Å²) in [5.41, 5.74) is 0. The van der Waals surface area contributed by atoms with E-state index in [0.717, 1.165) is 25.3 Å². The van der Waals surface area contributed by atoms with Crippen LogP contribution in [0.1, 0.15) is 39.9 Å². The highest BCUT2D eigenvalue weighted by Crippen LogP contribution is 2.03. The van der Waals surface area contributed by atoms with E-state index in [2.05, 4.69) is 43.1 Å². The zero-order chi connectivity index (χ0) is 12.0. The lowest BCUT2D eigenvalue weighted by Gasteiger charge is -2.14. The number of nitrogens with zero attached hydrogens (tertiary/aromatic N) is 3. The third-order valence-electron chi connectivity index (χ3n) is 2.47. The Morgan fingerprint density at radius 1 is 1.38 bits per heavy atom. The molecule has 0 amide bonds. The molecule has 92 valence electrons. The molecule has 4 nitrogen and oxygen atoms in total. The maximum absolute atomic E-state index is 4.33. The summed E-state index contributed by atoms with van der Waals surface area (Å²) in [7, 11) is 0. The van der Waals surface area contributed by atoms with E-state index in [4.69, 9.17) is 0 Å². The van der Waals surface area contributed by atoms with Crippen molar-refractivity contribution in [3.8, 4) is 0 Å². The Morgan fingerprint density at radius 2 is 2.12 bits per heavy atom. The average Bonchev–Trinajstić information content (AvgIpc) is 2.62. The van der Waals surface area contributed by atoms with Crippen molar-refractivity contribution in [3.05, 3.63) is 12.2 Å². The van der Waals surface area contributed by atoms with E-state index in [1.807, 2.05) is 4.68 Å². The van der Waals surface area contributed by atoms with Crippen molar-refractivity contribution in [3.63, 3.8) is 0 Å². The SMILES string of the molecule is CCCNC(C)Cc1ncnn1CC(C)C. The van der Waals surface area contributed by atoms with Crippen molar-refractivity contribution in [2.24, 2.45) is 5.92 Å². The van der Waals surface area contributed by atoms with Gasteiger partial charge in [0.05, 0.1) is 0 Å². The average molecular weight is 224 g/mol. The minimum Gasteiger partial charge on any atom is -0.314 e. The summed E-state index contributed by atoms with van der Waals surface area (Å²) >= 11 is 0. The highest BCUT2D eigenvalue weighted by atomic mass is 15.3. The van der Waals surface area contributed by atoms with Gasteiger partial charge in [0, 0.05) is 19.0 Å². The van der Waals surface area contributed by atoms with Crippen LogP contribution in [0.5, 0.6) is 0 Å². The molecule has 1 aromatic rings. The van der Waals surface area contributed by atoms with Crippen molar-refractivity contribution in [2.75, 3.05) is 6.54 Å². The summed E-state index contributed by atoms with van der Waals surface area (Å²) in [6.45, 7) is 10.8. The van der Waals surface area contributed by atoms with Gasteiger partial charge in [-0.15, -0.1) is 0 Å². The van der Waals surface area contributed by atoms with Gasteiger partial charge in [-0.25, -0.2) is 9.67 Å². The van der Waals surface area contributed by atoms with E-state index in [-0.39, 0.29) is 0 Å². The van der Waals surface area contributed by atoms with Crippen LogP contribution in [0.15, 0.2) is 6.33 Å². The second kappa shape index (κ2) is 6.63. The van der Waals surface area contributed by atoms with Crippen LogP contribution in [-0.4, -0.2) is 27.4 Å². The molecule has 1 unspecified atom stereocenters. The third kappa shape index (κ3) is 4.31. The fourth-order valence-corrected chi connectivity index (χ4v) is 1.68. The molecule has 1 aromatic heterocycles. The fourth-order valence-electron chi connectivity index (χ4n) is 1.68. The molecule has 0 spiro atoms. The highest BCUT2D eigenvalue weighted by Gasteiger charge is 2.09. The molecule has 0 saturated carbocycles. The van der Waals surface area contributed by atoms with E-state index in [0.29, 0.717) is 12.0 Å². The second-order valence-corrected chi connectivity index (χ2v) is 4.81. The predicted octanol–water partition coefficient (Wildman–Crippen LogP) is 1.86. The smallest absolute Gasteiger partial charge is 0.138 e. The molecule has 0 fully saturated rings. The molecule has 0 aliphatic heterocycles. The normalized spacial score (nSPS) is 13.3. The monoisotopic (exact) mass is 224 g/mol. The van der Waals surface area contributed by atoms with Gasteiger partial charge in [0.25, 0.3) is 0 Å². The summed E-state index contributed by atoms with van der Waals surface area (Å²) < 4.78 is 2.02. The molecule has 0 bridgehead atoms. The first-order chi connectivity index (χ1) is 7.63. The summed E-state index contributed by atoms with van der Waals surface area (Å²) in [6, 6.07) is 0.468. The number of aromatic nitrogens is 3. The Morgan fingerprint density at radius 3 is 2.75 bits per heavy atom. The second-order valence-electron chi connectivity index (χ2n) is 4.81. The van der Waals surface area contributed by atoms with Gasteiger partial charge in [-0.3, -0.25) is 0 Å². The maximum Gasteiger partial charge on any atom is 0.138 e. The van der Waals surface area contributed by atoms with Gasteiger partial charge in [0.1, 0.15) is 12.2 Å². The molecule has 1 heterocycles. The molecule has 0 radical (unpaired) electrons. The lowest BCUT2D eigenvalue weighted by molar-refractivity contribution is 0.448. The zero-order valence-electron chi connectivity index (χ0n) is 10.9. The lowest BCUT2D eigenvalue weighted by Crippen LogP contribution is -2.30. The Labute approximate surface area is 98.5 Å². The molecule has 16 heavy (non-hydrogen) atoms. The Hall–Kier alpha value is -0.900. The molecular weight excluding hydrogens is 200 g/mol. The molecule has 1 atom stereocenters. The minimum absolute atomic E-state index is 0.468. The molecule has 1 N–H and O–H groups in total. The maximum atomic E-state index is 4.33. The predicted molar refractivity (Wildman–Crippen MR) is 66.3 cm³/mol. The van der Waals surface area contributed by atoms with Crippen LogP contribution in [-0.2, 0) is 13.0 Å². The van der Waals surface area contributed by atoms with Crippen molar-refractivity contribution in [1.29, 1.82) is 0 Å². The Balaban J connectivity index is 2.49. The summed E-state index contributed by atoms with van der Waals surface area (Å²) in [4.78, 5) is 4.33. The molecule has 0 aliphatic carbocycles. The van der Waals surface area contributed by atoms with Crippen LogP contribution in [0.2, 0.25) is 0 Å². The molecule has 0 aromatic carbocycles. The summed E-state index contributed by atoms with van der Waals surface area (Å²) in [5.74, 6) is 1.70. The van der Waals surface area contributed by atoms with E-state index in [9.17, 15) is 0 Å². The van der Waals surface area contributed by atoms with E-state index in [1.54, 1.807) is 6.33 Å². The van der Waals surface area contributed by atoms with Gasteiger partial charge in [-0.1, -0.05) is 20.8 Å². The van der Waals surface area contributed by atoms with Gasteiger partial charge in [0.15, 0.2) is 0 Å². The minimum atomic E-state index is 0.468. The van der Waals surface area contributed by atoms with Gasteiger partial charge in [0.2, 0.25) is 0 Å². The van der Waals surface area contributed by atoms with E-state index < -0.39 is 0 Å². The molecule has 1 rings (SSSR count). The summed E-state index contributed by atoms with van der Waals surface area (Å²) in [5, 5.41) is 7.74. The largest absolute Gasteiger partial charge is 0.314 e. The number of hydrogen-bond donors (Lipinski definition) is 1. The molecular formula is C12H24N4. The zero-order valence-corrected chi connectivity index (χ0v) is 10.9. The molecule has 4 heteroatoms. The lowest BCUT2D eigenvalue weighted by atomic mass is 10.2. The van der Waals surface area contributed by atoms with Crippen molar-refractivity contribution >= 4 is 0 Å². The first-order valence-electron chi connectivity index (χ1n) is 6.23. The molecule has 0 aliphatic rings. The van der Waals surface area contributed by atoms with Crippen LogP contribution >= 0.6 is 0 Å². The van der Waals surface area contributed by atoms with Crippen LogP contribution in [0, 0.1) is 5.92 Å². The number of rotatable bonds is 7. The quantitative estimate of drug-likeness (QED) is 0.769. The topological polar surface area (TPSA) is 42.7 Å². The third-order valence-corrected chi connectivity index (χ3v) is 2.47. The highest BCUT2D eigenvalue weighted by molar-refractivity contribution is 4.88. The van der Waals surface area contributed by atoms with Crippen LogP contribution in [0.4, 0.5) is 0 Å². The van der Waals surface area contributed by atoms with Gasteiger partial charge in [-0.05, 0) is 25.8 Å². The Kier molecular flexibility index (Phi) is 5.46. The standard InChI is InChI=1S/C12H24N4/c1-5-6-13-11(4)7-12-14-9-15-16(12)8-10(2)3/h9-11,13H,5-8H2,1-4H3. The van der Waals surface area contributed by atoms with Crippen molar-refractivity contribution in [2.45, 2.75) is 53.1 Å². The number of nitrogens with one attached hydrogen (secondary N) is 1. The summed E-state index contributed by atoms with van der Waals surface area (Å²) in [6.07, 6.45) is 3.78. The Bertz CT molecular complexity index is 293. The molecule has 0 saturated heterocycles. The van der Waals surface area contributed by atoms with Crippen LogP contribution < -0.4 is 5.32 Å². The van der Waals surface area contributed by atoms with Crippen LogP contribution in [0.3, 0.4) is 0 Å². The first kappa shape index (κ1) is 13.2.